The van der Waals surface area contributed by atoms with Crippen molar-refractivity contribution in [2.45, 2.75) is 33.2 Å². The van der Waals surface area contributed by atoms with Crippen LogP contribution in [-0.4, -0.2) is 22.6 Å². The number of aromatic nitrogens is 2. The fourth-order valence-corrected chi connectivity index (χ4v) is 1.35. The third kappa shape index (κ3) is 3.19. The van der Waals surface area contributed by atoms with Gasteiger partial charge in [-0.2, -0.15) is 0 Å². The number of aryl methyl sites for hydroxylation is 1. The van der Waals surface area contributed by atoms with Crippen molar-refractivity contribution in [1.29, 1.82) is 0 Å². The maximum absolute atomic E-state index is 4.13. The van der Waals surface area contributed by atoms with Crippen molar-refractivity contribution in [2.24, 2.45) is 0 Å². The zero-order valence-electron chi connectivity index (χ0n) is 8.58. The molecule has 1 aromatic rings. The van der Waals surface area contributed by atoms with Gasteiger partial charge >= 0.3 is 0 Å². The molecule has 0 atom stereocenters. The molecule has 13 heavy (non-hydrogen) atoms. The van der Waals surface area contributed by atoms with Crippen molar-refractivity contribution < 1.29 is 0 Å². The van der Waals surface area contributed by atoms with E-state index in [1.807, 2.05) is 12.5 Å². The van der Waals surface area contributed by atoms with E-state index in [1.165, 1.54) is 12.1 Å². The van der Waals surface area contributed by atoms with Crippen molar-refractivity contribution >= 4 is 0 Å². The number of imidazole rings is 1. The molecule has 3 heteroatoms. The fraction of sp³-hybridized carbons (Fsp3) is 0.700. The monoisotopic (exact) mass is 181 g/mol. The molecule has 0 amide bonds. The molecule has 0 saturated heterocycles. The molecule has 1 rings (SSSR count). The molecule has 0 aliphatic heterocycles. The molecule has 0 radical (unpaired) electrons. The SMILES string of the molecule is CCCNCCn1cncc1CC. The number of rotatable bonds is 6. The van der Waals surface area contributed by atoms with E-state index in [4.69, 9.17) is 0 Å². The zero-order valence-corrected chi connectivity index (χ0v) is 8.58. The second-order valence-corrected chi connectivity index (χ2v) is 3.18. The van der Waals surface area contributed by atoms with E-state index in [0.717, 1.165) is 26.1 Å². The summed E-state index contributed by atoms with van der Waals surface area (Å²) in [4.78, 5) is 4.13. The molecule has 0 unspecified atom stereocenters. The maximum Gasteiger partial charge on any atom is 0.0948 e. The Balaban J connectivity index is 2.27. The number of nitrogens with zero attached hydrogens (tertiary/aromatic N) is 2. The molecule has 1 N–H and O–H groups in total. The average molecular weight is 181 g/mol. The molecule has 3 nitrogen and oxygen atoms in total. The predicted octanol–water partition coefficient (Wildman–Crippen LogP) is 1.45. The number of hydrogen-bond acceptors (Lipinski definition) is 2. The highest BCUT2D eigenvalue weighted by atomic mass is 15.1. The summed E-state index contributed by atoms with van der Waals surface area (Å²) in [7, 11) is 0. The van der Waals surface area contributed by atoms with Gasteiger partial charge in [0.1, 0.15) is 0 Å². The minimum Gasteiger partial charge on any atom is -0.333 e. The van der Waals surface area contributed by atoms with Gasteiger partial charge in [-0.25, -0.2) is 4.98 Å². The highest BCUT2D eigenvalue weighted by Gasteiger charge is 1.97. The largest absolute Gasteiger partial charge is 0.333 e. The molecule has 1 aromatic heterocycles. The van der Waals surface area contributed by atoms with Crippen molar-refractivity contribution in [3.8, 4) is 0 Å². The third-order valence-corrected chi connectivity index (χ3v) is 2.12. The van der Waals surface area contributed by atoms with E-state index in [9.17, 15) is 0 Å². The summed E-state index contributed by atoms with van der Waals surface area (Å²) in [6.07, 6.45) is 6.12. The summed E-state index contributed by atoms with van der Waals surface area (Å²) in [5.74, 6) is 0. The topological polar surface area (TPSA) is 29.9 Å². The lowest BCUT2D eigenvalue weighted by atomic mass is 10.3. The first-order chi connectivity index (χ1) is 6.38. The summed E-state index contributed by atoms with van der Waals surface area (Å²) < 4.78 is 2.21. The van der Waals surface area contributed by atoms with Crippen LogP contribution in [0.3, 0.4) is 0 Å². The van der Waals surface area contributed by atoms with Gasteiger partial charge in [0.15, 0.2) is 0 Å². The number of hydrogen-bond donors (Lipinski definition) is 1. The van der Waals surface area contributed by atoms with Gasteiger partial charge in [-0.3, -0.25) is 0 Å². The van der Waals surface area contributed by atoms with Crippen LogP contribution in [0.15, 0.2) is 12.5 Å². The molecule has 0 spiro atoms. The fourth-order valence-electron chi connectivity index (χ4n) is 1.35. The average Bonchev–Trinajstić information content (AvgIpc) is 2.60. The lowest BCUT2D eigenvalue weighted by Gasteiger charge is -2.06. The molecular formula is C10H19N3. The lowest BCUT2D eigenvalue weighted by molar-refractivity contribution is 0.581. The molecule has 0 saturated carbocycles. The Morgan fingerprint density at radius 1 is 1.38 bits per heavy atom. The molecule has 0 bridgehead atoms. The Morgan fingerprint density at radius 3 is 2.92 bits per heavy atom. The Hall–Kier alpha value is -0.830. The van der Waals surface area contributed by atoms with Gasteiger partial charge in [-0.1, -0.05) is 13.8 Å². The van der Waals surface area contributed by atoms with Crippen LogP contribution >= 0.6 is 0 Å². The second kappa shape index (κ2) is 5.75. The van der Waals surface area contributed by atoms with Crippen molar-refractivity contribution in [3.63, 3.8) is 0 Å². The minimum atomic E-state index is 1.03. The first-order valence-electron chi connectivity index (χ1n) is 5.08. The van der Waals surface area contributed by atoms with Crippen molar-refractivity contribution in [2.75, 3.05) is 13.1 Å². The summed E-state index contributed by atoms with van der Waals surface area (Å²) in [5.41, 5.74) is 1.32. The summed E-state index contributed by atoms with van der Waals surface area (Å²) in [6.45, 7) is 7.52. The van der Waals surface area contributed by atoms with E-state index in [-0.39, 0.29) is 0 Å². The van der Waals surface area contributed by atoms with Gasteiger partial charge in [0.2, 0.25) is 0 Å². The third-order valence-electron chi connectivity index (χ3n) is 2.12. The zero-order chi connectivity index (χ0) is 9.52. The molecule has 0 fully saturated rings. The van der Waals surface area contributed by atoms with Gasteiger partial charge in [0.25, 0.3) is 0 Å². The van der Waals surface area contributed by atoms with Gasteiger partial charge in [-0.05, 0) is 19.4 Å². The van der Waals surface area contributed by atoms with Crippen LogP contribution in [-0.2, 0) is 13.0 Å². The van der Waals surface area contributed by atoms with Crippen LogP contribution < -0.4 is 5.32 Å². The summed E-state index contributed by atoms with van der Waals surface area (Å²) in [6, 6.07) is 0. The van der Waals surface area contributed by atoms with Crippen LogP contribution in [0.2, 0.25) is 0 Å². The van der Waals surface area contributed by atoms with E-state index >= 15 is 0 Å². The van der Waals surface area contributed by atoms with Gasteiger partial charge in [0, 0.05) is 25.0 Å². The number of nitrogens with one attached hydrogen (secondary N) is 1. The Labute approximate surface area is 80.2 Å². The molecule has 0 aromatic carbocycles. The first kappa shape index (κ1) is 10.3. The van der Waals surface area contributed by atoms with Gasteiger partial charge in [0.05, 0.1) is 6.33 Å². The second-order valence-electron chi connectivity index (χ2n) is 3.18. The highest BCUT2D eigenvalue weighted by molar-refractivity contribution is 4.97. The molecule has 1 heterocycles. The Bertz CT molecular complexity index is 230. The summed E-state index contributed by atoms with van der Waals surface area (Å²) >= 11 is 0. The van der Waals surface area contributed by atoms with Crippen LogP contribution in [0.4, 0.5) is 0 Å². The van der Waals surface area contributed by atoms with E-state index < -0.39 is 0 Å². The van der Waals surface area contributed by atoms with E-state index in [2.05, 4.69) is 28.7 Å². The lowest BCUT2D eigenvalue weighted by Crippen LogP contribution is -2.20. The van der Waals surface area contributed by atoms with Crippen molar-refractivity contribution in [3.05, 3.63) is 18.2 Å². The van der Waals surface area contributed by atoms with Crippen LogP contribution in [0.5, 0.6) is 0 Å². The van der Waals surface area contributed by atoms with E-state index in [0.29, 0.717) is 0 Å². The van der Waals surface area contributed by atoms with Crippen LogP contribution in [0.25, 0.3) is 0 Å². The Morgan fingerprint density at radius 2 is 2.23 bits per heavy atom. The first-order valence-corrected chi connectivity index (χ1v) is 5.08. The molecule has 0 aliphatic carbocycles. The maximum atomic E-state index is 4.13. The smallest absolute Gasteiger partial charge is 0.0948 e. The van der Waals surface area contributed by atoms with Crippen molar-refractivity contribution in [1.82, 2.24) is 14.9 Å². The summed E-state index contributed by atoms with van der Waals surface area (Å²) in [5, 5.41) is 3.38. The van der Waals surface area contributed by atoms with Crippen LogP contribution in [0, 0.1) is 0 Å². The van der Waals surface area contributed by atoms with Gasteiger partial charge in [-0.15, -0.1) is 0 Å². The molecule has 74 valence electrons. The normalized spacial score (nSPS) is 10.6. The molecular weight excluding hydrogens is 162 g/mol. The predicted molar refractivity (Wildman–Crippen MR) is 54.8 cm³/mol. The quantitative estimate of drug-likeness (QED) is 0.673. The minimum absolute atomic E-state index is 1.03. The highest BCUT2D eigenvalue weighted by Crippen LogP contribution is 1.98. The van der Waals surface area contributed by atoms with Crippen LogP contribution in [0.1, 0.15) is 26.0 Å². The molecule has 0 aliphatic rings. The van der Waals surface area contributed by atoms with E-state index in [1.54, 1.807) is 0 Å². The Kier molecular flexibility index (Phi) is 4.54. The standard InChI is InChI=1S/C10H19N3/c1-3-5-11-6-7-13-9-12-8-10(13)4-2/h8-9,11H,3-7H2,1-2H3. The van der Waals surface area contributed by atoms with Gasteiger partial charge < -0.3 is 9.88 Å².